The summed E-state index contributed by atoms with van der Waals surface area (Å²) in [5.74, 6) is 0. The lowest BCUT2D eigenvalue weighted by atomic mass is 10.2. The van der Waals surface area contributed by atoms with E-state index in [1.807, 2.05) is 32.9 Å². The molecule has 0 aromatic carbocycles. The van der Waals surface area contributed by atoms with Gasteiger partial charge in [0.15, 0.2) is 0 Å². The van der Waals surface area contributed by atoms with Crippen LogP contribution in [0.15, 0.2) is 24.5 Å². The summed E-state index contributed by atoms with van der Waals surface area (Å²) in [5, 5.41) is 0. The zero-order chi connectivity index (χ0) is 14.3. The molecule has 0 aliphatic rings. The number of hydrogen-bond donors (Lipinski definition) is 0. The molecule has 1 aromatic rings. The van der Waals surface area contributed by atoms with E-state index in [-0.39, 0.29) is 6.09 Å². The highest BCUT2D eigenvalue weighted by atomic mass is 16.6. The molecule has 0 spiro atoms. The van der Waals surface area contributed by atoms with E-state index < -0.39 is 5.60 Å². The molecule has 0 fully saturated rings. The molecule has 106 valence electrons. The molecule has 19 heavy (non-hydrogen) atoms. The van der Waals surface area contributed by atoms with Gasteiger partial charge in [-0.1, -0.05) is 6.07 Å². The molecule has 0 atom stereocenters. The van der Waals surface area contributed by atoms with Gasteiger partial charge >= 0.3 is 6.09 Å². The van der Waals surface area contributed by atoms with E-state index in [9.17, 15) is 4.79 Å². The fourth-order valence-electron chi connectivity index (χ4n) is 1.47. The molecule has 5 nitrogen and oxygen atoms in total. The Morgan fingerprint density at radius 3 is 2.68 bits per heavy atom. The minimum Gasteiger partial charge on any atom is -0.444 e. The lowest BCUT2D eigenvalue weighted by Crippen LogP contribution is -2.38. The van der Waals surface area contributed by atoms with E-state index in [4.69, 9.17) is 9.47 Å². The van der Waals surface area contributed by atoms with Crippen LogP contribution in [0.3, 0.4) is 0 Å². The van der Waals surface area contributed by atoms with Crippen molar-refractivity contribution in [3.63, 3.8) is 0 Å². The van der Waals surface area contributed by atoms with Crippen LogP contribution in [0.1, 0.15) is 26.3 Å². The first kappa shape index (κ1) is 15.4. The van der Waals surface area contributed by atoms with Gasteiger partial charge in [0.05, 0.1) is 13.2 Å². The second kappa shape index (κ2) is 7.09. The van der Waals surface area contributed by atoms with Crippen LogP contribution < -0.4 is 0 Å². The van der Waals surface area contributed by atoms with Gasteiger partial charge in [0.25, 0.3) is 0 Å². The molecule has 1 rings (SSSR count). The highest BCUT2D eigenvalue weighted by molar-refractivity contribution is 5.68. The summed E-state index contributed by atoms with van der Waals surface area (Å²) >= 11 is 0. The second-order valence-electron chi connectivity index (χ2n) is 5.26. The molecule has 0 bridgehead atoms. The van der Waals surface area contributed by atoms with Crippen molar-refractivity contribution in [3.05, 3.63) is 30.1 Å². The van der Waals surface area contributed by atoms with Crippen LogP contribution >= 0.6 is 0 Å². The number of ether oxygens (including phenoxy) is 2. The molecule has 1 aromatic heterocycles. The Kier molecular flexibility index (Phi) is 5.76. The number of aromatic nitrogens is 1. The van der Waals surface area contributed by atoms with Crippen LogP contribution in [-0.4, -0.2) is 41.8 Å². The van der Waals surface area contributed by atoms with Gasteiger partial charge in [0.2, 0.25) is 0 Å². The summed E-state index contributed by atoms with van der Waals surface area (Å²) in [4.78, 5) is 17.8. The van der Waals surface area contributed by atoms with Gasteiger partial charge in [-0.2, -0.15) is 0 Å². The summed E-state index contributed by atoms with van der Waals surface area (Å²) in [6.07, 6.45) is 3.11. The molecule has 0 saturated heterocycles. The van der Waals surface area contributed by atoms with Crippen molar-refractivity contribution in [2.75, 3.05) is 20.3 Å². The maximum absolute atomic E-state index is 12.1. The molecule has 5 heteroatoms. The highest BCUT2D eigenvalue weighted by Crippen LogP contribution is 2.12. The Morgan fingerprint density at radius 1 is 1.42 bits per heavy atom. The van der Waals surface area contributed by atoms with Crippen LogP contribution in [0.4, 0.5) is 4.79 Å². The van der Waals surface area contributed by atoms with Gasteiger partial charge in [0, 0.05) is 26.0 Å². The fourth-order valence-corrected chi connectivity index (χ4v) is 1.47. The highest BCUT2D eigenvalue weighted by Gasteiger charge is 2.22. The molecule has 1 heterocycles. The number of carbonyl (C=O) groups is 1. The second-order valence-corrected chi connectivity index (χ2v) is 5.26. The molecule has 0 unspecified atom stereocenters. The van der Waals surface area contributed by atoms with E-state index in [0.29, 0.717) is 19.7 Å². The van der Waals surface area contributed by atoms with E-state index >= 15 is 0 Å². The maximum Gasteiger partial charge on any atom is 0.410 e. The van der Waals surface area contributed by atoms with Crippen LogP contribution in [-0.2, 0) is 16.0 Å². The lowest BCUT2D eigenvalue weighted by Gasteiger charge is -2.27. The number of pyridine rings is 1. The molecule has 0 N–H and O–H groups in total. The van der Waals surface area contributed by atoms with Crippen LogP contribution in [0.5, 0.6) is 0 Å². The topological polar surface area (TPSA) is 51.7 Å². The summed E-state index contributed by atoms with van der Waals surface area (Å²) in [7, 11) is 1.61. The van der Waals surface area contributed by atoms with E-state index in [2.05, 4.69) is 4.98 Å². The normalized spacial score (nSPS) is 11.2. The van der Waals surface area contributed by atoms with Gasteiger partial charge in [-0.05, 0) is 32.4 Å². The largest absolute Gasteiger partial charge is 0.444 e. The summed E-state index contributed by atoms with van der Waals surface area (Å²) < 4.78 is 10.4. The predicted octanol–water partition coefficient (Wildman–Crippen LogP) is 2.47. The van der Waals surface area contributed by atoms with Crippen LogP contribution in [0.2, 0.25) is 0 Å². The first-order chi connectivity index (χ1) is 8.92. The third-order valence-electron chi connectivity index (χ3n) is 2.31. The molecule has 0 aliphatic carbocycles. The van der Waals surface area contributed by atoms with Crippen LogP contribution in [0.25, 0.3) is 0 Å². The Labute approximate surface area is 114 Å². The molecule has 1 amide bonds. The van der Waals surface area contributed by atoms with Crippen molar-refractivity contribution < 1.29 is 14.3 Å². The standard InChI is InChI=1S/C14H22N2O3/c1-14(2,3)19-13(17)16(8-9-18-4)11-12-6-5-7-15-10-12/h5-7,10H,8-9,11H2,1-4H3. The predicted molar refractivity (Wildman–Crippen MR) is 72.8 cm³/mol. The zero-order valence-electron chi connectivity index (χ0n) is 12.0. The van der Waals surface area contributed by atoms with Crippen LogP contribution in [0, 0.1) is 0 Å². The summed E-state index contributed by atoms with van der Waals surface area (Å²) in [6.45, 7) is 6.97. The average molecular weight is 266 g/mol. The first-order valence-corrected chi connectivity index (χ1v) is 6.28. The molecular formula is C14H22N2O3. The van der Waals surface area contributed by atoms with E-state index in [1.165, 1.54) is 0 Å². The van der Waals surface area contributed by atoms with E-state index in [1.54, 1.807) is 24.4 Å². The Hall–Kier alpha value is -1.62. The fraction of sp³-hybridized carbons (Fsp3) is 0.571. The maximum atomic E-state index is 12.1. The SMILES string of the molecule is COCCN(Cc1cccnc1)C(=O)OC(C)(C)C. The molecule has 0 radical (unpaired) electrons. The Balaban J connectivity index is 2.68. The van der Waals surface area contributed by atoms with Gasteiger partial charge in [-0.25, -0.2) is 4.79 Å². The van der Waals surface area contributed by atoms with Crippen molar-refractivity contribution >= 4 is 6.09 Å². The van der Waals surface area contributed by atoms with Crippen molar-refractivity contribution in [3.8, 4) is 0 Å². The molecule has 0 aliphatic heterocycles. The first-order valence-electron chi connectivity index (χ1n) is 6.28. The number of nitrogens with zero attached hydrogens (tertiary/aromatic N) is 2. The zero-order valence-corrected chi connectivity index (χ0v) is 12.0. The number of hydrogen-bond acceptors (Lipinski definition) is 4. The number of carbonyl (C=O) groups excluding carboxylic acids is 1. The van der Waals surface area contributed by atoms with Gasteiger partial charge in [0.1, 0.15) is 5.60 Å². The molecule has 0 saturated carbocycles. The third kappa shape index (κ3) is 6.20. The van der Waals surface area contributed by atoms with Gasteiger partial charge < -0.3 is 14.4 Å². The van der Waals surface area contributed by atoms with Gasteiger partial charge in [-0.3, -0.25) is 4.98 Å². The van der Waals surface area contributed by atoms with Crippen molar-refractivity contribution in [2.24, 2.45) is 0 Å². The average Bonchev–Trinajstić information content (AvgIpc) is 2.33. The van der Waals surface area contributed by atoms with Crippen molar-refractivity contribution in [1.29, 1.82) is 0 Å². The third-order valence-corrected chi connectivity index (χ3v) is 2.31. The Morgan fingerprint density at radius 2 is 2.16 bits per heavy atom. The quantitative estimate of drug-likeness (QED) is 0.821. The minimum atomic E-state index is -0.503. The minimum absolute atomic E-state index is 0.339. The van der Waals surface area contributed by atoms with Crippen molar-refractivity contribution in [2.45, 2.75) is 32.9 Å². The number of methoxy groups -OCH3 is 1. The number of amides is 1. The van der Waals surface area contributed by atoms with Crippen molar-refractivity contribution in [1.82, 2.24) is 9.88 Å². The van der Waals surface area contributed by atoms with Gasteiger partial charge in [-0.15, -0.1) is 0 Å². The number of rotatable bonds is 5. The lowest BCUT2D eigenvalue weighted by molar-refractivity contribution is 0.0184. The molecular weight excluding hydrogens is 244 g/mol. The van der Waals surface area contributed by atoms with E-state index in [0.717, 1.165) is 5.56 Å². The summed E-state index contributed by atoms with van der Waals surface area (Å²) in [6, 6.07) is 3.77. The smallest absolute Gasteiger partial charge is 0.410 e. The summed E-state index contributed by atoms with van der Waals surface area (Å²) in [5.41, 5.74) is 0.460. The monoisotopic (exact) mass is 266 g/mol. The Bertz CT molecular complexity index is 387.